The Balaban J connectivity index is 0. The van der Waals surface area contributed by atoms with Crippen molar-refractivity contribution < 1.29 is 43.9 Å². The average molecular weight is 410 g/mol. The Morgan fingerprint density at radius 1 is 0.591 bits per heavy atom. The summed E-state index contributed by atoms with van der Waals surface area (Å²) in [5, 5.41) is -7.69. The Morgan fingerprint density at radius 3 is 1.09 bits per heavy atom. The Labute approximate surface area is 133 Å². The first-order valence-corrected chi connectivity index (χ1v) is 7.05. The monoisotopic (exact) mass is 409 g/mol. The molecule has 0 amide bonds. The quantitative estimate of drug-likeness (QED) is 0.458. The van der Waals surface area contributed by atoms with E-state index in [1.165, 1.54) is 0 Å². The van der Waals surface area contributed by atoms with Crippen LogP contribution in [0.5, 0.6) is 0 Å². The number of hydrogen-bond donors (Lipinski definition) is 1. The molecule has 0 spiro atoms. The summed E-state index contributed by atoms with van der Waals surface area (Å²) >= 11 is -1.40. The predicted molar refractivity (Wildman–Crippen MR) is 67.0 cm³/mol. The van der Waals surface area contributed by atoms with Gasteiger partial charge in [-0.25, -0.2) is 0 Å². The van der Waals surface area contributed by atoms with Gasteiger partial charge in [0.25, 0.3) is 0 Å². The second kappa shape index (κ2) is 8.92. The van der Waals surface area contributed by atoms with Gasteiger partial charge >= 0.3 is 22.9 Å². The van der Waals surface area contributed by atoms with Crippen molar-refractivity contribution in [3.8, 4) is 0 Å². The minimum atomic E-state index is -5.71. The molecule has 0 heterocycles. The summed E-state index contributed by atoms with van der Waals surface area (Å²) in [6.07, 6.45) is -11.4. The fourth-order valence-electron chi connectivity index (χ4n) is 0.791. The van der Waals surface area contributed by atoms with E-state index in [1.807, 2.05) is 0 Å². The predicted octanol–water partition coefficient (Wildman–Crippen LogP) is 4.77. The van der Waals surface area contributed by atoms with E-state index in [1.54, 1.807) is 0 Å². The number of alkyl halides is 10. The lowest BCUT2D eigenvalue weighted by atomic mass is 10.6. The first-order valence-electron chi connectivity index (χ1n) is 5.08. The highest BCUT2D eigenvalue weighted by Crippen LogP contribution is 2.44. The molecule has 22 heavy (non-hydrogen) atoms. The van der Waals surface area contributed by atoms with E-state index in [-0.39, 0.29) is 12.4 Å². The normalized spacial score (nSPS) is 13.9. The standard InChI is InChI=1S/C8H9F10NS2.ClH/c9-5(10,11)7(15,16)20-3-1-19-2-4-21-8(17,18)6(12,13)14;/h19H,1-4H2;1H. The lowest BCUT2D eigenvalue weighted by Gasteiger charge is -2.19. The largest absolute Gasteiger partial charge is 0.464 e. The fourth-order valence-corrected chi connectivity index (χ4v) is 2.12. The van der Waals surface area contributed by atoms with E-state index >= 15 is 0 Å². The molecule has 1 nitrogen and oxygen atoms in total. The zero-order valence-corrected chi connectivity index (χ0v) is 12.8. The summed E-state index contributed by atoms with van der Waals surface area (Å²) < 4.78 is 120. The van der Waals surface area contributed by atoms with Gasteiger partial charge in [-0.1, -0.05) is 23.5 Å². The minimum absolute atomic E-state index is 0. The zero-order valence-electron chi connectivity index (χ0n) is 10.3. The van der Waals surface area contributed by atoms with Crippen molar-refractivity contribution >= 4 is 35.9 Å². The van der Waals surface area contributed by atoms with E-state index in [4.69, 9.17) is 0 Å². The van der Waals surface area contributed by atoms with Gasteiger partial charge in [0.15, 0.2) is 0 Å². The molecule has 0 aromatic carbocycles. The molecule has 0 radical (unpaired) electrons. The summed E-state index contributed by atoms with van der Waals surface area (Å²) in [6, 6.07) is 0. The van der Waals surface area contributed by atoms with Gasteiger partial charge in [-0.2, -0.15) is 43.9 Å². The maximum Gasteiger partial charge on any atom is 0.464 e. The Bertz CT molecular complexity index is 289. The van der Waals surface area contributed by atoms with Crippen LogP contribution in [-0.4, -0.2) is 47.5 Å². The highest BCUT2D eigenvalue weighted by atomic mass is 35.5. The van der Waals surface area contributed by atoms with Crippen LogP contribution in [0, 0.1) is 0 Å². The van der Waals surface area contributed by atoms with E-state index in [0.29, 0.717) is 0 Å². The molecule has 0 aliphatic heterocycles. The molecule has 0 unspecified atom stereocenters. The van der Waals surface area contributed by atoms with Crippen LogP contribution in [0.2, 0.25) is 0 Å². The molecule has 0 aromatic heterocycles. The van der Waals surface area contributed by atoms with Crippen molar-refractivity contribution in [3.05, 3.63) is 0 Å². The molecule has 0 aliphatic carbocycles. The molecular weight excluding hydrogens is 400 g/mol. The van der Waals surface area contributed by atoms with E-state index < -0.39 is 71.0 Å². The van der Waals surface area contributed by atoms with Crippen molar-refractivity contribution in [2.45, 2.75) is 22.9 Å². The number of hydrogen-bond acceptors (Lipinski definition) is 3. The first kappa shape index (κ1) is 24.5. The molecule has 0 bridgehead atoms. The third-order valence-corrected chi connectivity index (χ3v) is 3.79. The van der Waals surface area contributed by atoms with Crippen molar-refractivity contribution in [2.75, 3.05) is 24.6 Å². The Hall–Kier alpha value is 0.250. The highest BCUT2D eigenvalue weighted by Gasteiger charge is 2.58. The van der Waals surface area contributed by atoms with E-state index in [9.17, 15) is 43.9 Å². The van der Waals surface area contributed by atoms with Crippen LogP contribution in [0.1, 0.15) is 0 Å². The number of nitrogens with one attached hydrogen (secondary N) is 1. The van der Waals surface area contributed by atoms with Crippen LogP contribution in [0.25, 0.3) is 0 Å². The lowest BCUT2D eigenvalue weighted by Crippen LogP contribution is -2.35. The SMILES string of the molecule is Cl.FC(F)(F)C(F)(F)SCCNCCSC(F)(F)C(F)(F)F. The van der Waals surface area contributed by atoms with Gasteiger partial charge in [0, 0.05) is 24.6 Å². The van der Waals surface area contributed by atoms with Gasteiger partial charge in [-0.05, 0) is 0 Å². The second-order valence-corrected chi connectivity index (χ2v) is 5.90. The summed E-state index contributed by atoms with van der Waals surface area (Å²) in [6.45, 7) is -0.789. The topological polar surface area (TPSA) is 12.0 Å². The van der Waals surface area contributed by atoms with E-state index in [0.717, 1.165) is 0 Å². The van der Waals surface area contributed by atoms with Gasteiger partial charge in [0.05, 0.1) is 0 Å². The van der Waals surface area contributed by atoms with Crippen LogP contribution >= 0.6 is 35.9 Å². The van der Waals surface area contributed by atoms with Gasteiger partial charge in [-0.3, -0.25) is 0 Å². The second-order valence-electron chi connectivity index (χ2n) is 3.48. The molecule has 0 aliphatic rings. The van der Waals surface area contributed by atoms with Crippen LogP contribution in [0.3, 0.4) is 0 Å². The Morgan fingerprint density at radius 2 is 0.864 bits per heavy atom. The molecule has 0 aromatic rings. The fraction of sp³-hybridized carbons (Fsp3) is 1.00. The van der Waals surface area contributed by atoms with Crippen molar-refractivity contribution in [3.63, 3.8) is 0 Å². The van der Waals surface area contributed by atoms with E-state index in [2.05, 4.69) is 5.32 Å². The molecule has 0 saturated heterocycles. The third-order valence-electron chi connectivity index (χ3n) is 1.78. The van der Waals surface area contributed by atoms with Gasteiger partial charge in [0.2, 0.25) is 0 Å². The molecule has 0 rings (SSSR count). The molecule has 0 atom stereocenters. The molecular formula is C8H10ClF10NS2. The molecule has 0 fully saturated rings. The minimum Gasteiger partial charge on any atom is -0.315 e. The molecule has 136 valence electrons. The van der Waals surface area contributed by atoms with Crippen LogP contribution in [0.15, 0.2) is 0 Å². The average Bonchev–Trinajstić information content (AvgIpc) is 2.24. The maximum atomic E-state index is 12.4. The lowest BCUT2D eigenvalue weighted by molar-refractivity contribution is -0.237. The smallest absolute Gasteiger partial charge is 0.315 e. The van der Waals surface area contributed by atoms with Crippen LogP contribution in [-0.2, 0) is 0 Å². The summed E-state index contributed by atoms with van der Waals surface area (Å²) in [5.41, 5.74) is 0. The summed E-state index contributed by atoms with van der Waals surface area (Å²) in [5.74, 6) is -1.38. The maximum absolute atomic E-state index is 12.4. The van der Waals surface area contributed by atoms with Crippen molar-refractivity contribution in [1.82, 2.24) is 5.32 Å². The van der Waals surface area contributed by atoms with Crippen LogP contribution in [0.4, 0.5) is 43.9 Å². The first-order chi connectivity index (χ1) is 9.21. The Kier molecular flexibility index (Phi) is 9.94. The highest BCUT2D eigenvalue weighted by molar-refractivity contribution is 8.00. The molecule has 1 N–H and O–H groups in total. The number of thioether (sulfide) groups is 2. The van der Waals surface area contributed by atoms with Gasteiger partial charge in [0.1, 0.15) is 0 Å². The number of rotatable bonds is 8. The molecule has 14 heteroatoms. The zero-order chi connectivity index (χ0) is 16.9. The number of halogens is 11. The van der Waals surface area contributed by atoms with Crippen LogP contribution < -0.4 is 5.32 Å². The van der Waals surface area contributed by atoms with Gasteiger partial charge in [-0.15, -0.1) is 12.4 Å². The summed E-state index contributed by atoms with van der Waals surface area (Å²) in [7, 11) is 0. The van der Waals surface area contributed by atoms with Crippen molar-refractivity contribution in [1.29, 1.82) is 0 Å². The van der Waals surface area contributed by atoms with Crippen molar-refractivity contribution in [2.24, 2.45) is 0 Å². The third kappa shape index (κ3) is 8.20. The van der Waals surface area contributed by atoms with Gasteiger partial charge < -0.3 is 5.32 Å². The molecule has 0 saturated carbocycles. The summed E-state index contributed by atoms with van der Waals surface area (Å²) in [4.78, 5) is 0.